The molecule has 0 aliphatic rings. The fraction of sp³-hybridized carbons (Fsp3) is 0.414. The summed E-state index contributed by atoms with van der Waals surface area (Å²) in [5.41, 5.74) is 1.51. The molecule has 0 bridgehead atoms. The number of esters is 1. The maximum Gasteiger partial charge on any atom is 0.408 e. The van der Waals surface area contributed by atoms with E-state index >= 15 is 0 Å². The van der Waals surface area contributed by atoms with E-state index in [2.05, 4.69) is 10.6 Å². The first-order valence-electron chi connectivity index (χ1n) is 13.8. The number of benzene rings is 2. The monoisotopic (exact) mass is 616 g/mol. The summed E-state index contributed by atoms with van der Waals surface area (Å²) < 4.78 is 21.2. The molecule has 0 aliphatic heterocycles. The van der Waals surface area contributed by atoms with Crippen molar-refractivity contribution in [2.45, 2.75) is 77.2 Å². The minimum Gasteiger partial charge on any atom is -0.524 e. The Labute approximate surface area is 249 Å². The fourth-order valence-electron chi connectivity index (χ4n) is 3.67. The van der Waals surface area contributed by atoms with Crippen molar-refractivity contribution in [2.24, 2.45) is 0 Å². The molecule has 0 aliphatic carbocycles. The lowest BCUT2D eigenvalue weighted by molar-refractivity contribution is -0.148. The second kappa shape index (κ2) is 17.8. The lowest BCUT2D eigenvalue weighted by atomic mass is 10.1. The molecule has 0 radical (unpaired) electrons. The number of rotatable bonds is 16. The van der Waals surface area contributed by atoms with Crippen LogP contribution in [0, 0.1) is 0 Å². The Kier molecular flexibility index (Phi) is 14.5. The molecule has 2 rings (SSSR count). The number of hydrogen-bond donors (Lipinski definition) is 2. The van der Waals surface area contributed by atoms with Crippen LogP contribution in [0.1, 0.15) is 36.8 Å². The van der Waals surface area contributed by atoms with Gasteiger partial charge in [-0.25, -0.2) is 9.59 Å². The number of hydrogen-bond acceptors (Lipinski definition) is 9. The van der Waals surface area contributed by atoms with Crippen molar-refractivity contribution in [2.75, 3.05) is 0 Å². The third-order valence-electron chi connectivity index (χ3n) is 5.64. The van der Waals surface area contributed by atoms with E-state index in [0.29, 0.717) is 0 Å². The lowest BCUT2D eigenvalue weighted by Crippen LogP contribution is -2.45. The topological polar surface area (TPSA) is 146 Å². The van der Waals surface area contributed by atoms with Crippen molar-refractivity contribution < 1.29 is 42.3 Å². The first-order valence-corrected chi connectivity index (χ1v) is 19.2. The molecule has 228 valence electrons. The molecular weight excluding hydrogens is 576 g/mol. The van der Waals surface area contributed by atoms with Crippen LogP contribution in [-0.4, -0.2) is 60.1 Å². The zero-order valence-electron chi connectivity index (χ0n) is 24.6. The summed E-state index contributed by atoms with van der Waals surface area (Å²) in [5, 5.41) is 5.07. The zero-order valence-corrected chi connectivity index (χ0v) is 27.0. The van der Waals surface area contributed by atoms with Crippen molar-refractivity contribution in [1.82, 2.24) is 10.6 Å². The number of alkyl carbamates (subject to hydrolysis) is 1. The van der Waals surface area contributed by atoms with Crippen molar-refractivity contribution in [1.29, 1.82) is 0 Å². The summed E-state index contributed by atoms with van der Waals surface area (Å²) in [5.74, 6) is -2.38. The summed E-state index contributed by atoms with van der Waals surface area (Å²) in [6.45, 7) is 7.34. The number of carbonyl (C=O) groups is 5. The van der Waals surface area contributed by atoms with Crippen molar-refractivity contribution in [3.8, 4) is 0 Å². The second-order valence-electron chi connectivity index (χ2n) is 10.4. The van der Waals surface area contributed by atoms with E-state index in [-0.39, 0.29) is 38.9 Å². The van der Waals surface area contributed by atoms with Gasteiger partial charge in [0, 0.05) is 12.8 Å². The van der Waals surface area contributed by atoms with Crippen molar-refractivity contribution in [3.63, 3.8) is 0 Å². The van der Waals surface area contributed by atoms with Crippen LogP contribution in [0.2, 0.25) is 26.2 Å². The smallest absolute Gasteiger partial charge is 0.408 e. The third kappa shape index (κ3) is 14.1. The van der Waals surface area contributed by atoms with E-state index in [1.54, 1.807) is 55.1 Å². The van der Waals surface area contributed by atoms with E-state index in [4.69, 9.17) is 18.3 Å². The van der Waals surface area contributed by atoms with E-state index in [1.165, 1.54) is 0 Å². The Hall–Kier alpha value is -3.98. The molecule has 2 aromatic carbocycles. The van der Waals surface area contributed by atoms with E-state index in [9.17, 15) is 24.0 Å². The molecule has 0 saturated heterocycles. The number of amides is 2. The van der Waals surface area contributed by atoms with Crippen molar-refractivity contribution in [3.05, 3.63) is 71.8 Å². The van der Waals surface area contributed by atoms with Crippen LogP contribution in [0.5, 0.6) is 0 Å². The predicted molar refractivity (Wildman–Crippen MR) is 160 cm³/mol. The lowest BCUT2D eigenvalue weighted by Gasteiger charge is -2.21. The van der Waals surface area contributed by atoms with Crippen LogP contribution < -0.4 is 10.6 Å². The number of nitrogens with one attached hydrogen (secondary N) is 2. The van der Waals surface area contributed by atoms with Gasteiger partial charge < -0.3 is 29.0 Å². The van der Waals surface area contributed by atoms with Gasteiger partial charge in [0.25, 0.3) is 5.97 Å². The highest BCUT2D eigenvalue weighted by molar-refractivity contribution is 6.71. The molecule has 11 nitrogen and oxygen atoms in total. The molecule has 0 unspecified atom stereocenters. The minimum absolute atomic E-state index is 0.00882. The number of ether oxygens (including phenoxy) is 2. The maximum atomic E-state index is 12.9. The molecule has 2 aromatic rings. The molecule has 2 N–H and O–H groups in total. The summed E-state index contributed by atoms with van der Waals surface area (Å²) in [6, 6.07) is 15.8. The van der Waals surface area contributed by atoms with E-state index in [1.807, 2.05) is 31.8 Å². The van der Waals surface area contributed by atoms with Gasteiger partial charge in [0.2, 0.25) is 24.0 Å². The van der Waals surface area contributed by atoms with E-state index < -0.39 is 60.1 Å². The molecule has 0 aromatic heterocycles. The first-order chi connectivity index (χ1) is 20.0. The largest absolute Gasteiger partial charge is 0.524 e. The van der Waals surface area contributed by atoms with Crippen LogP contribution >= 0.6 is 0 Å². The fourth-order valence-corrected chi connectivity index (χ4v) is 4.94. The van der Waals surface area contributed by atoms with Crippen LogP contribution in [0.25, 0.3) is 0 Å². The maximum absolute atomic E-state index is 12.9. The van der Waals surface area contributed by atoms with Crippen molar-refractivity contribution >= 4 is 48.0 Å². The Morgan fingerprint density at radius 1 is 0.738 bits per heavy atom. The third-order valence-corrected chi connectivity index (χ3v) is 7.05. The van der Waals surface area contributed by atoms with Crippen LogP contribution in [-0.2, 0) is 50.7 Å². The zero-order chi connectivity index (χ0) is 31.0. The summed E-state index contributed by atoms with van der Waals surface area (Å²) in [4.78, 5) is 62.9. The summed E-state index contributed by atoms with van der Waals surface area (Å²) in [7, 11) is -3.21. The van der Waals surface area contributed by atoms with Gasteiger partial charge in [-0.05, 0) is 50.2 Å². The molecule has 2 atom stereocenters. The predicted octanol–water partition coefficient (Wildman–Crippen LogP) is 3.12. The highest BCUT2D eigenvalue weighted by Gasteiger charge is 2.28. The van der Waals surface area contributed by atoms with Gasteiger partial charge in [-0.3, -0.25) is 14.4 Å². The normalized spacial score (nSPS) is 12.6. The van der Waals surface area contributed by atoms with E-state index in [0.717, 1.165) is 11.1 Å². The van der Waals surface area contributed by atoms with Crippen LogP contribution in [0.3, 0.4) is 0 Å². The molecule has 42 heavy (non-hydrogen) atoms. The van der Waals surface area contributed by atoms with Gasteiger partial charge in [0.1, 0.15) is 25.3 Å². The van der Waals surface area contributed by atoms with Crippen LogP contribution in [0.15, 0.2) is 60.7 Å². The average molecular weight is 617 g/mol. The molecule has 2 amide bonds. The quantitative estimate of drug-likeness (QED) is 0.215. The average Bonchev–Trinajstić information content (AvgIpc) is 2.95. The Bertz CT molecular complexity index is 1170. The molecule has 0 heterocycles. The SMILES string of the molecule is C[SiH2]OC(=O)[C@@H](CCC(=O)O[Si](C)(C)C)NC(=O)CC[C@H](NC(=O)OCc1ccccc1)C(=O)OCc1ccccc1. The van der Waals surface area contributed by atoms with Gasteiger partial charge in [0.05, 0.1) is 0 Å². The van der Waals surface area contributed by atoms with Crippen LogP contribution in [0.4, 0.5) is 4.79 Å². The van der Waals surface area contributed by atoms with Gasteiger partial charge in [-0.1, -0.05) is 60.7 Å². The molecule has 0 fully saturated rings. The highest BCUT2D eigenvalue weighted by Crippen LogP contribution is 2.10. The second-order valence-corrected chi connectivity index (χ2v) is 15.7. The van der Waals surface area contributed by atoms with Gasteiger partial charge >= 0.3 is 18.0 Å². The summed E-state index contributed by atoms with van der Waals surface area (Å²) in [6.07, 6.45) is -1.26. The molecule has 13 heteroatoms. The number of carbonyl (C=O) groups excluding carboxylic acids is 5. The molecule has 0 saturated carbocycles. The molecular formula is C29H40N2O9Si2. The Morgan fingerprint density at radius 3 is 1.81 bits per heavy atom. The van der Waals surface area contributed by atoms with Gasteiger partial charge in [-0.15, -0.1) is 0 Å². The Morgan fingerprint density at radius 2 is 1.26 bits per heavy atom. The first kappa shape index (κ1) is 34.2. The standard InChI is InChI=1S/C29H40N2O9Si2/c1-41-39-28(35)24(16-18-26(33)40-42(2,3)4)30-25(32)17-15-23(27(34)37-19-21-11-7-5-8-12-21)31-29(36)38-20-22-13-9-6-10-14-22/h5-14,23-24H,15-20,41H2,1-4H3,(H,30,32)(H,31,36)/t23-,24+/m0/s1. The molecule has 0 spiro atoms. The highest BCUT2D eigenvalue weighted by atomic mass is 28.4. The minimum atomic E-state index is -2.11. The van der Waals surface area contributed by atoms with Gasteiger partial charge in [-0.2, -0.15) is 0 Å². The summed E-state index contributed by atoms with van der Waals surface area (Å²) >= 11 is 0. The van der Waals surface area contributed by atoms with Gasteiger partial charge in [0.15, 0.2) is 0 Å². The Balaban J connectivity index is 2.00.